The van der Waals surface area contributed by atoms with Gasteiger partial charge in [0.15, 0.2) is 11.6 Å². The van der Waals surface area contributed by atoms with Gasteiger partial charge in [0.1, 0.15) is 5.82 Å². The van der Waals surface area contributed by atoms with E-state index in [0.29, 0.717) is 30.4 Å². The summed E-state index contributed by atoms with van der Waals surface area (Å²) in [7, 11) is 0. The molecule has 1 N–H and O–H groups in total. The summed E-state index contributed by atoms with van der Waals surface area (Å²) in [5.74, 6) is -1.14. The monoisotopic (exact) mass is 585 g/mol. The molecule has 4 rings (SSSR count). The molecule has 2 aromatic heterocycles. The lowest BCUT2D eigenvalue weighted by Gasteiger charge is -2.40. The van der Waals surface area contributed by atoms with E-state index in [1.807, 2.05) is 0 Å². The number of ether oxygens (including phenoxy) is 1. The molecular formula is C30H31F4N5O3. The molecule has 1 aromatic carbocycles. The van der Waals surface area contributed by atoms with Gasteiger partial charge in [0.05, 0.1) is 29.7 Å². The van der Waals surface area contributed by atoms with Crippen molar-refractivity contribution in [2.45, 2.75) is 51.5 Å². The van der Waals surface area contributed by atoms with Crippen LogP contribution < -0.4 is 5.32 Å². The van der Waals surface area contributed by atoms with Crippen molar-refractivity contribution in [3.63, 3.8) is 0 Å². The molecule has 0 unspecified atom stereocenters. The Kier molecular flexibility index (Phi) is 9.89. The summed E-state index contributed by atoms with van der Waals surface area (Å²) >= 11 is 0. The first-order chi connectivity index (χ1) is 20.0. The van der Waals surface area contributed by atoms with Gasteiger partial charge in [-0.05, 0) is 68.7 Å². The van der Waals surface area contributed by atoms with Crippen LogP contribution in [0.4, 0.5) is 29.1 Å². The Labute approximate surface area is 241 Å². The standard InChI is InChI=1S/C30H31F4N5O3/c1-20(2)38-14-11-24(12-15-38)39(18-23-4-3-5-28(36-23)37-26-10-13-35-17-25(26)31)29(41)27(42-19-40)16-21-6-8-22(9-7-21)30(32,33)34/h3-10,13,16-17,19-20,24H,11-12,14-15,18H2,1-2H3,(H,35,36,37)/b27-16+. The molecule has 0 spiro atoms. The molecule has 0 atom stereocenters. The van der Waals surface area contributed by atoms with Gasteiger partial charge in [-0.25, -0.2) is 9.37 Å². The van der Waals surface area contributed by atoms with Crippen LogP contribution in [0.5, 0.6) is 0 Å². The zero-order valence-electron chi connectivity index (χ0n) is 23.1. The Balaban J connectivity index is 1.63. The fourth-order valence-corrected chi connectivity index (χ4v) is 4.77. The van der Waals surface area contributed by atoms with Gasteiger partial charge in [-0.3, -0.25) is 14.6 Å². The fourth-order valence-electron chi connectivity index (χ4n) is 4.77. The number of anilines is 2. The number of halogens is 4. The normalized spacial score (nSPS) is 15.0. The van der Waals surface area contributed by atoms with Crippen LogP contribution in [0, 0.1) is 5.82 Å². The third kappa shape index (κ3) is 7.90. The topological polar surface area (TPSA) is 87.7 Å². The molecule has 222 valence electrons. The largest absolute Gasteiger partial charge is 0.423 e. The van der Waals surface area contributed by atoms with Crippen molar-refractivity contribution in [3.8, 4) is 0 Å². The minimum atomic E-state index is -4.51. The fraction of sp³-hybridized carbons (Fsp3) is 0.333. The number of benzene rings is 1. The van der Waals surface area contributed by atoms with Gasteiger partial charge < -0.3 is 19.9 Å². The second kappa shape index (κ2) is 13.6. The van der Waals surface area contributed by atoms with Gasteiger partial charge in [0.25, 0.3) is 12.4 Å². The summed E-state index contributed by atoms with van der Waals surface area (Å²) < 4.78 is 58.2. The Bertz CT molecular complexity index is 1400. The summed E-state index contributed by atoms with van der Waals surface area (Å²) in [5, 5.41) is 2.90. The van der Waals surface area contributed by atoms with Crippen LogP contribution in [0.2, 0.25) is 0 Å². The molecule has 1 saturated heterocycles. The van der Waals surface area contributed by atoms with Crippen molar-refractivity contribution < 1.29 is 31.9 Å². The lowest BCUT2D eigenvalue weighted by atomic mass is 10.0. The molecule has 3 aromatic rings. The van der Waals surface area contributed by atoms with Gasteiger partial charge in [0, 0.05) is 31.4 Å². The highest BCUT2D eigenvalue weighted by Crippen LogP contribution is 2.30. The summed E-state index contributed by atoms with van der Waals surface area (Å²) in [6.07, 6.45) is 0.550. The molecule has 8 nitrogen and oxygen atoms in total. The van der Waals surface area contributed by atoms with E-state index in [0.717, 1.165) is 31.4 Å². The maximum atomic E-state index is 14.1. The average molecular weight is 586 g/mol. The first kappa shape index (κ1) is 30.6. The number of amides is 1. The Morgan fingerprint density at radius 1 is 1.14 bits per heavy atom. The predicted molar refractivity (Wildman–Crippen MR) is 149 cm³/mol. The average Bonchev–Trinajstić information content (AvgIpc) is 2.97. The van der Waals surface area contributed by atoms with E-state index in [2.05, 4.69) is 34.0 Å². The van der Waals surface area contributed by atoms with Crippen LogP contribution in [-0.4, -0.2) is 57.3 Å². The van der Waals surface area contributed by atoms with Gasteiger partial charge in [0.2, 0.25) is 0 Å². The third-order valence-electron chi connectivity index (χ3n) is 7.03. The number of rotatable bonds is 10. The molecular weight excluding hydrogens is 554 g/mol. The number of pyridine rings is 2. The Hall–Kier alpha value is -4.32. The van der Waals surface area contributed by atoms with E-state index in [1.54, 1.807) is 23.1 Å². The van der Waals surface area contributed by atoms with Crippen molar-refractivity contribution in [2.75, 3.05) is 18.4 Å². The molecule has 1 aliphatic rings. The van der Waals surface area contributed by atoms with Crippen molar-refractivity contribution in [1.82, 2.24) is 19.8 Å². The van der Waals surface area contributed by atoms with E-state index in [1.165, 1.54) is 30.5 Å². The number of nitrogens with one attached hydrogen (secondary N) is 1. The molecule has 3 heterocycles. The molecule has 12 heteroatoms. The number of hydrogen-bond acceptors (Lipinski definition) is 7. The van der Waals surface area contributed by atoms with Gasteiger partial charge in [-0.2, -0.15) is 13.2 Å². The first-order valence-electron chi connectivity index (χ1n) is 13.4. The summed E-state index contributed by atoms with van der Waals surface area (Å²) in [6.45, 7) is 5.84. The highest BCUT2D eigenvalue weighted by atomic mass is 19.4. The molecule has 1 fully saturated rings. The number of alkyl halides is 3. The number of carbonyl (C=O) groups is 2. The smallest absolute Gasteiger partial charge is 0.416 e. The second-order valence-electron chi connectivity index (χ2n) is 10.1. The van der Waals surface area contributed by atoms with E-state index < -0.39 is 23.5 Å². The van der Waals surface area contributed by atoms with Crippen LogP contribution in [0.3, 0.4) is 0 Å². The molecule has 1 aliphatic heterocycles. The van der Waals surface area contributed by atoms with Crippen LogP contribution >= 0.6 is 0 Å². The zero-order chi connectivity index (χ0) is 30.3. The van der Waals surface area contributed by atoms with Crippen LogP contribution in [0.1, 0.15) is 43.5 Å². The number of piperidine rings is 1. The van der Waals surface area contributed by atoms with Crippen molar-refractivity contribution in [1.29, 1.82) is 0 Å². The lowest BCUT2D eigenvalue weighted by molar-refractivity contribution is -0.139. The molecule has 1 amide bonds. The van der Waals surface area contributed by atoms with E-state index in [9.17, 15) is 27.2 Å². The summed E-state index contributed by atoms with van der Waals surface area (Å²) in [4.78, 5) is 37.4. The van der Waals surface area contributed by atoms with Gasteiger partial charge in [-0.1, -0.05) is 18.2 Å². The number of likely N-dealkylation sites (tertiary alicyclic amines) is 1. The highest BCUT2D eigenvalue weighted by Gasteiger charge is 2.32. The number of nitrogens with zero attached hydrogens (tertiary/aromatic N) is 4. The van der Waals surface area contributed by atoms with Crippen molar-refractivity contribution in [2.24, 2.45) is 0 Å². The van der Waals surface area contributed by atoms with Crippen molar-refractivity contribution in [3.05, 3.63) is 89.3 Å². The van der Waals surface area contributed by atoms with Gasteiger partial charge in [-0.15, -0.1) is 0 Å². The highest BCUT2D eigenvalue weighted by molar-refractivity contribution is 5.97. The SMILES string of the molecule is CC(C)N1CCC(N(Cc2cccc(Nc3ccncc3F)n2)C(=O)/C(=C\c2ccc(C(F)(F)F)cc2)OC=O)CC1. The Morgan fingerprint density at radius 2 is 1.86 bits per heavy atom. The third-order valence-corrected chi connectivity index (χ3v) is 7.03. The maximum Gasteiger partial charge on any atom is 0.416 e. The molecule has 42 heavy (non-hydrogen) atoms. The summed E-state index contributed by atoms with van der Waals surface area (Å²) in [6, 6.07) is 10.8. The molecule has 0 radical (unpaired) electrons. The quantitative estimate of drug-likeness (QED) is 0.139. The number of carbonyl (C=O) groups excluding carboxylic acids is 2. The lowest BCUT2D eigenvalue weighted by Crippen LogP contribution is -2.49. The first-order valence-corrected chi connectivity index (χ1v) is 13.4. The van der Waals surface area contributed by atoms with Gasteiger partial charge >= 0.3 is 6.18 Å². The van der Waals surface area contributed by atoms with E-state index in [-0.39, 0.29) is 36.1 Å². The second-order valence-corrected chi connectivity index (χ2v) is 10.1. The zero-order valence-corrected chi connectivity index (χ0v) is 23.1. The summed E-state index contributed by atoms with van der Waals surface area (Å²) in [5.41, 5.74) is 0.0962. The van der Waals surface area contributed by atoms with E-state index in [4.69, 9.17) is 4.74 Å². The Morgan fingerprint density at radius 3 is 2.48 bits per heavy atom. The molecule has 0 bridgehead atoms. The number of hydrogen-bond donors (Lipinski definition) is 1. The minimum absolute atomic E-state index is 0.0477. The van der Waals surface area contributed by atoms with Crippen LogP contribution in [-0.2, 0) is 27.0 Å². The number of aromatic nitrogens is 2. The van der Waals surface area contributed by atoms with Crippen LogP contribution in [0.25, 0.3) is 6.08 Å². The van der Waals surface area contributed by atoms with E-state index >= 15 is 0 Å². The maximum absolute atomic E-state index is 14.1. The van der Waals surface area contributed by atoms with Crippen LogP contribution in [0.15, 0.2) is 66.7 Å². The predicted octanol–water partition coefficient (Wildman–Crippen LogP) is 5.79. The molecule has 0 saturated carbocycles. The minimum Gasteiger partial charge on any atom is -0.423 e. The van der Waals surface area contributed by atoms with Crippen molar-refractivity contribution >= 4 is 30.0 Å². The molecule has 0 aliphatic carbocycles.